The lowest BCUT2D eigenvalue weighted by Crippen LogP contribution is -2.44. The molecule has 1 aromatic carbocycles. The normalized spacial score (nSPS) is 21.3. The van der Waals surface area contributed by atoms with Gasteiger partial charge in [-0.05, 0) is 24.9 Å². The van der Waals surface area contributed by atoms with Gasteiger partial charge < -0.3 is 15.7 Å². The minimum Gasteiger partial charge on any atom is -0.378 e. The first-order valence-electron chi connectivity index (χ1n) is 6.51. The van der Waals surface area contributed by atoms with Crippen LogP contribution in [0.5, 0.6) is 0 Å². The first kappa shape index (κ1) is 13.1. The highest BCUT2D eigenvalue weighted by atomic mass is 16.3. The maximum Gasteiger partial charge on any atom is 0.253 e. The molecular formula is C14H20N2O2. The van der Waals surface area contributed by atoms with Crippen molar-refractivity contribution in [2.24, 2.45) is 0 Å². The summed E-state index contributed by atoms with van der Waals surface area (Å²) in [7, 11) is 0. The summed E-state index contributed by atoms with van der Waals surface area (Å²) in [5.74, 6) is -0.325. The van der Waals surface area contributed by atoms with E-state index in [1.54, 1.807) is 12.1 Å². The van der Waals surface area contributed by atoms with Gasteiger partial charge in [-0.3, -0.25) is 4.79 Å². The van der Waals surface area contributed by atoms with Crippen LogP contribution in [-0.2, 0) is 4.79 Å². The van der Waals surface area contributed by atoms with Crippen molar-refractivity contribution >= 4 is 5.91 Å². The number of carbonyl (C=O) groups excluding carboxylic acids is 1. The van der Waals surface area contributed by atoms with Crippen molar-refractivity contribution in [3.63, 3.8) is 0 Å². The van der Waals surface area contributed by atoms with Crippen molar-refractivity contribution in [1.82, 2.24) is 10.6 Å². The number of nitrogens with one attached hydrogen (secondary N) is 2. The maximum atomic E-state index is 11.8. The van der Waals surface area contributed by atoms with Crippen molar-refractivity contribution in [2.45, 2.75) is 31.4 Å². The predicted octanol–water partition coefficient (Wildman–Crippen LogP) is 0.978. The van der Waals surface area contributed by atoms with Gasteiger partial charge in [-0.15, -0.1) is 0 Å². The molecule has 3 N–H and O–H groups in total. The number of aliphatic hydroxyl groups is 1. The van der Waals surface area contributed by atoms with E-state index in [1.165, 1.54) is 12.8 Å². The zero-order valence-corrected chi connectivity index (χ0v) is 10.4. The molecule has 2 atom stereocenters. The lowest BCUT2D eigenvalue weighted by molar-refractivity contribution is -0.129. The lowest BCUT2D eigenvalue weighted by atomic mass is 10.0. The van der Waals surface area contributed by atoms with E-state index in [0.29, 0.717) is 18.2 Å². The van der Waals surface area contributed by atoms with Crippen molar-refractivity contribution < 1.29 is 9.90 Å². The summed E-state index contributed by atoms with van der Waals surface area (Å²) < 4.78 is 0. The molecule has 4 nitrogen and oxygen atoms in total. The average molecular weight is 248 g/mol. The van der Waals surface area contributed by atoms with Gasteiger partial charge in [0.25, 0.3) is 5.91 Å². The van der Waals surface area contributed by atoms with Gasteiger partial charge in [-0.25, -0.2) is 0 Å². The van der Waals surface area contributed by atoms with Crippen LogP contribution in [0.3, 0.4) is 0 Å². The Balaban J connectivity index is 1.80. The minimum atomic E-state index is -1.07. The summed E-state index contributed by atoms with van der Waals surface area (Å²) in [5, 5.41) is 16.0. The summed E-state index contributed by atoms with van der Waals surface area (Å²) in [6.45, 7) is 1.60. The summed E-state index contributed by atoms with van der Waals surface area (Å²) in [6.07, 6.45) is 2.42. The molecule has 98 valence electrons. The smallest absolute Gasteiger partial charge is 0.253 e. The maximum absolute atomic E-state index is 11.8. The van der Waals surface area contributed by atoms with Crippen LogP contribution in [0.2, 0.25) is 0 Å². The molecule has 1 aliphatic heterocycles. The first-order chi connectivity index (χ1) is 8.77. The van der Waals surface area contributed by atoms with Crippen molar-refractivity contribution in [2.75, 3.05) is 13.1 Å². The zero-order chi connectivity index (χ0) is 12.8. The zero-order valence-electron chi connectivity index (χ0n) is 10.4. The second kappa shape index (κ2) is 6.52. The van der Waals surface area contributed by atoms with Crippen LogP contribution in [-0.4, -0.2) is 30.1 Å². The van der Waals surface area contributed by atoms with Gasteiger partial charge in [0.15, 0.2) is 6.10 Å². The third kappa shape index (κ3) is 3.55. The molecule has 0 aliphatic carbocycles. The van der Waals surface area contributed by atoms with Gasteiger partial charge in [0.1, 0.15) is 0 Å². The van der Waals surface area contributed by atoms with E-state index in [4.69, 9.17) is 0 Å². The van der Waals surface area contributed by atoms with E-state index in [0.717, 1.165) is 13.0 Å². The SMILES string of the molecule is O=C(NCC1CCCCN1)C(O)c1ccccc1. The Labute approximate surface area is 107 Å². The van der Waals surface area contributed by atoms with Crippen LogP contribution in [0.4, 0.5) is 0 Å². The number of hydrogen-bond donors (Lipinski definition) is 3. The Morgan fingerprint density at radius 3 is 2.83 bits per heavy atom. The highest BCUT2D eigenvalue weighted by Crippen LogP contribution is 2.12. The molecule has 2 unspecified atom stereocenters. The Hall–Kier alpha value is -1.39. The molecule has 1 aliphatic rings. The van der Waals surface area contributed by atoms with E-state index < -0.39 is 6.10 Å². The second-order valence-electron chi connectivity index (χ2n) is 4.71. The van der Waals surface area contributed by atoms with E-state index in [-0.39, 0.29) is 5.91 Å². The molecule has 0 bridgehead atoms. The highest BCUT2D eigenvalue weighted by Gasteiger charge is 2.19. The Bertz CT molecular complexity index is 375. The number of piperidine rings is 1. The number of amides is 1. The standard InChI is InChI=1S/C14H20N2O2/c17-13(11-6-2-1-3-7-11)14(18)16-10-12-8-4-5-9-15-12/h1-3,6-7,12-13,15,17H,4-5,8-10H2,(H,16,18). The molecule has 1 heterocycles. The quantitative estimate of drug-likeness (QED) is 0.744. The van der Waals surface area contributed by atoms with E-state index in [9.17, 15) is 9.90 Å². The Morgan fingerprint density at radius 1 is 1.39 bits per heavy atom. The Kier molecular flexibility index (Phi) is 4.73. The van der Waals surface area contributed by atoms with Crippen LogP contribution in [0.25, 0.3) is 0 Å². The van der Waals surface area contributed by atoms with Crippen molar-refractivity contribution in [1.29, 1.82) is 0 Å². The molecule has 4 heteroatoms. The molecule has 1 saturated heterocycles. The van der Waals surface area contributed by atoms with Gasteiger partial charge >= 0.3 is 0 Å². The molecule has 1 fully saturated rings. The Morgan fingerprint density at radius 2 is 2.17 bits per heavy atom. The van der Waals surface area contributed by atoms with Crippen molar-refractivity contribution in [3.8, 4) is 0 Å². The molecule has 0 radical (unpaired) electrons. The van der Waals surface area contributed by atoms with Crippen LogP contribution in [0.1, 0.15) is 30.9 Å². The van der Waals surface area contributed by atoms with Gasteiger partial charge in [0, 0.05) is 12.6 Å². The summed E-state index contributed by atoms with van der Waals surface area (Å²) in [6, 6.07) is 9.33. The largest absolute Gasteiger partial charge is 0.378 e. The summed E-state index contributed by atoms with van der Waals surface area (Å²) >= 11 is 0. The average Bonchev–Trinajstić information content (AvgIpc) is 2.46. The van der Waals surface area contributed by atoms with E-state index in [1.807, 2.05) is 18.2 Å². The third-order valence-electron chi connectivity index (χ3n) is 3.30. The number of carbonyl (C=O) groups is 1. The lowest BCUT2D eigenvalue weighted by Gasteiger charge is -2.24. The second-order valence-corrected chi connectivity index (χ2v) is 4.71. The third-order valence-corrected chi connectivity index (χ3v) is 3.30. The molecule has 0 spiro atoms. The van der Waals surface area contributed by atoms with E-state index in [2.05, 4.69) is 10.6 Å². The number of hydrogen-bond acceptors (Lipinski definition) is 3. The molecule has 0 aromatic heterocycles. The van der Waals surface area contributed by atoms with Gasteiger partial charge in [0.2, 0.25) is 0 Å². The van der Waals surface area contributed by atoms with Crippen LogP contribution in [0, 0.1) is 0 Å². The fraction of sp³-hybridized carbons (Fsp3) is 0.500. The van der Waals surface area contributed by atoms with Crippen LogP contribution < -0.4 is 10.6 Å². The minimum absolute atomic E-state index is 0.325. The monoisotopic (exact) mass is 248 g/mol. The number of benzene rings is 1. The fourth-order valence-corrected chi connectivity index (χ4v) is 2.21. The molecule has 18 heavy (non-hydrogen) atoms. The topological polar surface area (TPSA) is 61.4 Å². The predicted molar refractivity (Wildman–Crippen MR) is 70.1 cm³/mol. The van der Waals surface area contributed by atoms with Gasteiger partial charge in [-0.2, -0.15) is 0 Å². The van der Waals surface area contributed by atoms with E-state index >= 15 is 0 Å². The molecular weight excluding hydrogens is 228 g/mol. The molecule has 0 saturated carbocycles. The molecule has 2 rings (SSSR count). The number of aliphatic hydroxyl groups excluding tert-OH is 1. The molecule has 1 aromatic rings. The molecule has 1 amide bonds. The summed E-state index contributed by atoms with van der Waals surface area (Å²) in [5.41, 5.74) is 0.631. The van der Waals surface area contributed by atoms with Crippen molar-refractivity contribution in [3.05, 3.63) is 35.9 Å². The van der Waals surface area contributed by atoms with Gasteiger partial charge in [0.05, 0.1) is 0 Å². The first-order valence-corrected chi connectivity index (χ1v) is 6.51. The van der Waals surface area contributed by atoms with Crippen LogP contribution >= 0.6 is 0 Å². The highest BCUT2D eigenvalue weighted by molar-refractivity contribution is 5.81. The van der Waals surface area contributed by atoms with Gasteiger partial charge in [-0.1, -0.05) is 36.8 Å². The van der Waals surface area contributed by atoms with Crippen LogP contribution in [0.15, 0.2) is 30.3 Å². The fourth-order valence-electron chi connectivity index (χ4n) is 2.21. The summed E-state index contributed by atoms with van der Waals surface area (Å²) in [4.78, 5) is 11.8. The number of rotatable bonds is 4.